The van der Waals surface area contributed by atoms with Crippen molar-refractivity contribution >= 4 is 5.84 Å². The van der Waals surface area contributed by atoms with Gasteiger partial charge in [-0.15, -0.1) is 0 Å². The molecule has 0 aromatic heterocycles. The van der Waals surface area contributed by atoms with Crippen LogP contribution >= 0.6 is 0 Å². The molecule has 0 amide bonds. The van der Waals surface area contributed by atoms with Gasteiger partial charge in [0.1, 0.15) is 5.75 Å². The molecule has 0 saturated heterocycles. The smallest absolute Gasteiger partial charge is 0.173 e. The average molecular weight is 277 g/mol. The van der Waals surface area contributed by atoms with Gasteiger partial charge in [0.25, 0.3) is 0 Å². The van der Waals surface area contributed by atoms with Gasteiger partial charge < -0.3 is 21.0 Å². The van der Waals surface area contributed by atoms with Crippen LogP contribution in [0.2, 0.25) is 0 Å². The highest BCUT2D eigenvalue weighted by Crippen LogP contribution is 2.33. The number of hydrogen-bond acceptors (Lipinski definition) is 4. The molecular formula is C15H23N3O2. The summed E-state index contributed by atoms with van der Waals surface area (Å²) in [5, 5.41) is 15.4. The topological polar surface area (TPSA) is 79.9 Å². The number of oxime groups is 1. The van der Waals surface area contributed by atoms with E-state index in [1.54, 1.807) is 7.11 Å². The minimum atomic E-state index is 0.0646. The molecule has 0 spiro atoms. The van der Waals surface area contributed by atoms with Crippen LogP contribution in [0.3, 0.4) is 0 Å². The molecule has 1 aromatic rings. The lowest BCUT2D eigenvalue weighted by atomic mass is 10.1. The molecule has 20 heavy (non-hydrogen) atoms. The Labute approximate surface area is 119 Å². The first kappa shape index (κ1) is 14.7. The second-order valence-electron chi connectivity index (χ2n) is 5.48. The Bertz CT molecular complexity index is 484. The molecule has 0 aliphatic heterocycles. The van der Waals surface area contributed by atoms with Crippen LogP contribution in [-0.2, 0) is 6.54 Å². The van der Waals surface area contributed by atoms with Gasteiger partial charge in [-0.25, -0.2) is 0 Å². The summed E-state index contributed by atoms with van der Waals surface area (Å²) < 4.78 is 5.22. The van der Waals surface area contributed by atoms with Gasteiger partial charge in [-0.2, -0.15) is 0 Å². The number of amidine groups is 1. The summed E-state index contributed by atoms with van der Waals surface area (Å²) in [6, 6.07) is 6.24. The van der Waals surface area contributed by atoms with E-state index in [0.29, 0.717) is 17.4 Å². The number of nitrogens with two attached hydrogens (primary N) is 1. The van der Waals surface area contributed by atoms with Crippen LogP contribution in [0.1, 0.15) is 37.3 Å². The first-order chi connectivity index (χ1) is 9.63. The Morgan fingerprint density at radius 3 is 2.90 bits per heavy atom. The van der Waals surface area contributed by atoms with E-state index in [4.69, 9.17) is 15.7 Å². The Kier molecular flexibility index (Phi) is 4.84. The van der Waals surface area contributed by atoms with Crippen molar-refractivity contribution in [2.24, 2.45) is 16.8 Å². The molecule has 0 radical (unpaired) electrons. The summed E-state index contributed by atoms with van der Waals surface area (Å²) in [6.07, 6.45) is 3.99. The third kappa shape index (κ3) is 3.87. The number of rotatable bonds is 7. The highest BCUT2D eigenvalue weighted by atomic mass is 16.5. The fourth-order valence-corrected chi connectivity index (χ4v) is 2.35. The Morgan fingerprint density at radius 1 is 1.55 bits per heavy atom. The maximum absolute atomic E-state index is 8.82. The predicted molar refractivity (Wildman–Crippen MR) is 79.1 cm³/mol. The van der Waals surface area contributed by atoms with E-state index in [0.717, 1.165) is 18.0 Å². The quantitative estimate of drug-likeness (QED) is 0.308. The summed E-state index contributed by atoms with van der Waals surface area (Å²) in [5.41, 5.74) is 7.38. The van der Waals surface area contributed by atoms with Crippen molar-refractivity contribution in [3.63, 3.8) is 0 Å². The van der Waals surface area contributed by atoms with Gasteiger partial charge in [0.05, 0.1) is 12.7 Å². The highest BCUT2D eigenvalue weighted by Gasteiger charge is 2.23. The van der Waals surface area contributed by atoms with E-state index in [1.165, 1.54) is 19.3 Å². The maximum atomic E-state index is 8.82. The molecule has 1 aromatic carbocycles. The summed E-state index contributed by atoms with van der Waals surface area (Å²) in [4.78, 5) is 0. The molecule has 5 nitrogen and oxygen atoms in total. The first-order valence-corrected chi connectivity index (χ1v) is 7.02. The van der Waals surface area contributed by atoms with E-state index in [1.807, 2.05) is 18.2 Å². The number of methoxy groups -OCH3 is 1. The monoisotopic (exact) mass is 277 g/mol. The summed E-state index contributed by atoms with van der Waals surface area (Å²) >= 11 is 0. The fraction of sp³-hybridized carbons (Fsp3) is 0.533. The third-order valence-electron chi connectivity index (χ3n) is 3.69. The summed E-state index contributed by atoms with van der Waals surface area (Å²) in [5.74, 6) is 1.59. The number of hydrogen-bond donors (Lipinski definition) is 3. The van der Waals surface area contributed by atoms with E-state index in [9.17, 15) is 0 Å². The predicted octanol–water partition coefficient (Wildman–Crippen LogP) is 2.07. The minimum absolute atomic E-state index is 0.0646. The zero-order valence-corrected chi connectivity index (χ0v) is 12.1. The van der Waals surface area contributed by atoms with Gasteiger partial charge in [-0.3, -0.25) is 0 Å². The van der Waals surface area contributed by atoms with Crippen LogP contribution in [-0.4, -0.2) is 24.2 Å². The van der Waals surface area contributed by atoms with Gasteiger partial charge in [0.15, 0.2) is 5.84 Å². The van der Waals surface area contributed by atoms with Gasteiger partial charge in [-0.1, -0.05) is 24.1 Å². The fourth-order valence-electron chi connectivity index (χ4n) is 2.35. The van der Waals surface area contributed by atoms with Gasteiger partial charge in [-0.05, 0) is 37.0 Å². The SMILES string of the molecule is COc1ccc(CNC(C)CC2CC2)cc1C(N)=NO. The lowest BCUT2D eigenvalue weighted by Gasteiger charge is -2.14. The summed E-state index contributed by atoms with van der Waals surface area (Å²) in [6.45, 7) is 2.98. The van der Waals surface area contributed by atoms with Crippen LogP contribution in [0.15, 0.2) is 23.4 Å². The number of ether oxygens (including phenoxy) is 1. The molecule has 2 rings (SSSR count). The lowest BCUT2D eigenvalue weighted by molar-refractivity contribution is 0.318. The maximum Gasteiger partial charge on any atom is 0.173 e. The molecule has 1 unspecified atom stereocenters. The number of benzene rings is 1. The minimum Gasteiger partial charge on any atom is -0.496 e. The zero-order valence-electron chi connectivity index (χ0n) is 12.1. The molecule has 5 heteroatoms. The third-order valence-corrected chi connectivity index (χ3v) is 3.69. The second-order valence-corrected chi connectivity index (χ2v) is 5.48. The van der Waals surface area contributed by atoms with Crippen molar-refractivity contribution in [2.45, 2.75) is 38.8 Å². The van der Waals surface area contributed by atoms with Crippen molar-refractivity contribution in [3.05, 3.63) is 29.3 Å². The van der Waals surface area contributed by atoms with Crippen LogP contribution in [0, 0.1) is 5.92 Å². The largest absolute Gasteiger partial charge is 0.496 e. The standard InChI is InChI=1S/C15H23N3O2/c1-10(7-11-3-4-11)17-9-12-5-6-14(20-2)13(8-12)15(16)18-19/h5-6,8,10-11,17,19H,3-4,7,9H2,1-2H3,(H2,16,18). The van der Waals surface area contributed by atoms with Crippen LogP contribution in [0.5, 0.6) is 5.75 Å². The normalized spacial score (nSPS) is 17.0. The molecule has 1 fully saturated rings. The van der Waals surface area contributed by atoms with Crippen LogP contribution < -0.4 is 15.8 Å². The van der Waals surface area contributed by atoms with E-state index >= 15 is 0 Å². The Hall–Kier alpha value is -1.75. The lowest BCUT2D eigenvalue weighted by Crippen LogP contribution is -2.26. The van der Waals surface area contributed by atoms with Gasteiger partial charge in [0.2, 0.25) is 0 Å². The van der Waals surface area contributed by atoms with Crippen molar-refractivity contribution in [2.75, 3.05) is 7.11 Å². The van der Waals surface area contributed by atoms with Gasteiger partial charge in [0, 0.05) is 12.6 Å². The second kappa shape index (κ2) is 6.61. The molecule has 0 heterocycles. The molecule has 110 valence electrons. The van der Waals surface area contributed by atoms with Crippen molar-refractivity contribution in [3.8, 4) is 5.75 Å². The number of nitrogens with one attached hydrogen (secondary N) is 1. The van der Waals surface area contributed by atoms with E-state index < -0.39 is 0 Å². The van der Waals surface area contributed by atoms with Crippen LogP contribution in [0.4, 0.5) is 0 Å². The number of nitrogens with zero attached hydrogens (tertiary/aromatic N) is 1. The molecule has 1 aliphatic rings. The molecule has 1 saturated carbocycles. The van der Waals surface area contributed by atoms with Crippen molar-refractivity contribution in [1.29, 1.82) is 0 Å². The van der Waals surface area contributed by atoms with Crippen molar-refractivity contribution in [1.82, 2.24) is 5.32 Å². The molecule has 0 bridgehead atoms. The van der Waals surface area contributed by atoms with Crippen molar-refractivity contribution < 1.29 is 9.94 Å². The molecule has 1 aliphatic carbocycles. The van der Waals surface area contributed by atoms with E-state index in [-0.39, 0.29) is 5.84 Å². The molecule has 1 atom stereocenters. The van der Waals surface area contributed by atoms with Gasteiger partial charge >= 0.3 is 0 Å². The van der Waals surface area contributed by atoms with E-state index in [2.05, 4.69) is 17.4 Å². The first-order valence-electron chi connectivity index (χ1n) is 7.02. The van der Waals surface area contributed by atoms with Crippen LogP contribution in [0.25, 0.3) is 0 Å². The average Bonchev–Trinajstić information content (AvgIpc) is 3.27. The zero-order chi connectivity index (χ0) is 14.5. The summed E-state index contributed by atoms with van der Waals surface area (Å²) in [7, 11) is 1.57. The Morgan fingerprint density at radius 2 is 2.30 bits per heavy atom. The Balaban J connectivity index is 2.00. The molecular weight excluding hydrogens is 254 g/mol. The highest BCUT2D eigenvalue weighted by molar-refractivity contribution is 5.99. The molecule has 4 N–H and O–H groups in total.